The van der Waals surface area contributed by atoms with E-state index in [1.54, 1.807) is 12.1 Å². The third kappa shape index (κ3) is 3.32. The molecule has 1 saturated heterocycles. The van der Waals surface area contributed by atoms with Crippen molar-refractivity contribution >= 4 is 23.2 Å². The van der Waals surface area contributed by atoms with Gasteiger partial charge in [0.25, 0.3) is 0 Å². The molecule has 0 saturated carbocycles. The van der Waals surface area contributed by atoms with E-state index in [0.717, 1.165) is 38.4 Å². The standard InChI is InChI=1S/C12H16Cl2N2O/c1-2-9-8-17-6-5-16(9)7-11-10(13)3-4-12(14)15-11/h3-4,9H,2,5-8H2,1H3. The molecule has 0 amide bonds. The first-order chi connectivity index (χ1) is 8.20. The Kier molecular flexibility index (Phi) is 4.62. The predicted octanol–water partition coefficient (Wildman–Crippen LogP) is 3.00. The van der Waals surface area contributed by atoms with Gasteiger partial charge >= 0.3 is 0 Å². The zero-order chi connectivity index (χ0) is 12.3. The smallest absolute Gasteiger partial charge is 0.129 e. The number of halogens is 2. The maximum atomic E-state index is 6.13. The molecule has 0 aromatic carbocycles. The minimum absolute atomic E-state index is 0.445. The number of aromatic nitrogens is 1. The lowest BCUT2D eigenvalue weighted by Crippen LogP contribution is -2.44. The predicted molar refractivity (Wildman–Crippen MR) is 69.6 cm³/mol. The fraction of sp³-hybridized carbons (Fsp3) is 0.583. The van der Waals surface area contributed by atoms with Gasteiger partial charge in [0.15, 0.2) is 0 Å². The van der Waals surface area contributed by atoms with Crippen molar-refractivity contribution in [1.29, 1.82) is 0 Å². The number of hydrogen-bond donors (Lipinski definition) is 0. The quantitative estimate of drug-likeness (QED) is 0.793. The molecule has 1 aliphatic rings. The number of rotatable bonds is 3. The summed E-state index contributed by atoms with van der Waals surface area (Å²) in [6, 6.07) is 3.96. The Bertz CT molecular complexity index is 387. The molecule has 0 bridgehead atoms. The summed E-state index contributed by atoms with van der Waals surface area (Å²) >= 11 is 12.0. The van der Waals surface area contributed by atoms with Crippen LogP contribution in [0.2, 0.25) is 10.2 Å². The van der Waals surface area contributed by atoms with E-state index in [4.69, 9.17) is 27.9 Å². The Morgan fingerprint density at radius 2 is 2.29 bits per heavy atom. The van der Waals surface area contributed by atoms with Crippen molar-refractivity contribution in [2.45, 2.75) is 25.9 Å². The second-order valence-electron chi connectivity index (χ2n) is 4.17. The second-order valence-corrected chi connectivity index (χ2v) is 4.96. The van der Waals surface area contributed by atoms with Crippen LogP contribution in [0, 0.1) is 0 Å². The van der Waals surface area contributed by atoms with Gasteiger partial charge in [-0.3, -0.25) is 4.90 Å². The van der Waals surface area contributed by atoms with E-state index in [2.05, 4.69) is 16.8 Å². The van der Waals surface area contributed by atoms with Crippen molar-refractivity contribution in [3.8, 4) is 0 Å². The Hall–Kier alpha value is -0.350. The summed E-state index contributed by atoms with van der Waals surface area (Å²) in [5, 5.41) is 1.17. The molecule has 0 N–H and O–H groups in total. The number of nitrogens with zero attached hydrogens (tertiary/aromatic N) is 2. The molecule has 1 unspecified atom stereocenters. The van der Waals surface area contributed by atoms with E-state index in [1.165, 1.54) is 0 Å². The normalized spacial score (nSPS) is 21.7. The van der Waals surface area contributed by atoms with Crippen molar-refractivity contribution in [2.75, 3.05) is 19.8 Å². The zero-order valence-electron chi connectivity index (χ0n) is 9.83. The zero-order valence-corrected chi connectivity index (χ0v) is 11.3. The number of hydrogen-bond acceptors (Lipinski definition) is 3. The molecule has 0 radical (unpaired) electrons. The van der Waals surface area contributed by atoms with Crippen LogP contribution in [0.15, 0.2) is 12.1 Å². The number of ether oxygens (including phenoxy) is 1. The Labute approximate surface area is 112 Å². The van der Waals surface area contributed by atoms with Gasteiger partial charge in [-0.2, -0.15) is 0 Å². The van der Waals surface area contributed by atoms with Crippen LogP contribution in [-0.2, 0) is 11.3 Å². The van der Waals surface area contributed by atoms with E-state index in [9.17, 15) is 0 Å². The number of morpholine rings is 1. The van der Waals surface area contributed by atoms with Gasteiger partial charge in [0.05, 0.1) is 23.9 Å². The lowest BCUT2D eigenvalue weighted by molar-refractivity contribution is -0.0132. The van der Waals surface area contributed by atoms with E-state index < -0.39 is 0 Å². The van der Waals surface area contributed by atoms with Gasteiger partial charge in [-0.1, -0.05) is 30.1 Å². The lowest BCUT2D eigenvalue weighted by atomic mass is 10.1. The van der Waals surface area contributed by atoms with Crippen LogP contribution in [-0.4, -0.2) is 35.7 Å². The molecule has 0 aliphatic carbocycles. The minimum atomic E-state index is 0.445. The largest absolute Gasteiger partial charge is 0.378 e. The van der Waals surface area contributed by atoms with Crippen molar-refractivity contribution in [3.05, 3.63) is 28.0 Å². The topological polar surface area (TPSA) is 25.4 Å². The summed E-state index contributed by atoms with van der Waals surface area (Å²) in [4.78, 5) is 6.64. The minimum Gasteiger partial charge on any atom is -0.378 e. The van der Waals surface area contributed by atoms with Gasteiger partial charge in [0.1, 0.15) is 5.15 Å². The molecule has 94 valence electrons. The molecule has 17 heavy (non-hydrogen) atoms. The van der Waals surface area contributed by atoms with E-state index in [1.807, 2.05) is 0 Å². The fourth-order valence-corrected chi connectivity index (χ4v) is 2.36. The Balaban J connectivity index is 2.10. The van der Waals surface area contributed by atoms with Crippen molar-refractivity contribution in [1.82, 2.24) is 9.88 Å². The molecule has 2 heterocycles. The van der Waals surface area contributed by atoms with Crippen molar-refractivity contribution in [2.24, 2.45) is 0 Å². The van der Waals surface area contributed by atoms with Crippen LogP contribution in [0.5, 0.6) is 0 Å². The Morgan fingerprint density at radius 1 is 1.47 bits per heavy atom. The maximum absolute atomic E-state index is 6.13. The highest BCUT2D eigenvalue weighted by molar-refractivity contribution is 6.32. The van der Waals surface area contributed by atoms with Crippen molar-refractivity contribution in [3.63, 3.8) is 0 Å². The van der Waals surface area contributed by atoms with E-state index >= 15 is 0 Å². The highest BCUT2D eigenvalue weighted by atomic mass is 35.5. The van der Waals surface area contributed by atoms with Gasteiger partial charge in [0, 0.05) is 19.1 Å². The summed E-state index contributed by atoms with van der Waals surface area (Å²) in [6.45, 7) is 5.38. The van der Waals surface area contributed by atoms with Crippen LogP contribution in [0.1, 0.15) is 19.0 Å². The van der Waals surface area contributed by atoms with Crippen LogP contribution < -0.4 is 0 Å². The summed E-state index contributed by atoms with van der Waals surface area (Å²) in [6.07, 6.45) is 1.07. The van der Waals surface area contributed by atoms with Gasteiger partial charge in [-0.15, -0.1) is 0 Å². The molecule has 5 heteroatoms. The molecule has 0 spiro atoms. The number of pyridine rings is 1. The third-order valence-corrected chi connectivity index (χ3v) is 3.61. The van der Waals surface area contributed by atoms with Crippen LogP contribution in [0.25, 0.3) is 0 Å². The van der Waals surface area contributed by atoms with E-state index in [0.29, 0.717) is 16.2 Å². The summed E-state index contributed by atoms with van der Waals surface area (Å²) in [5.41, 5.74) is 0.847. The molecule has 1 aliphatic heterocycles. The average molecular weight is 275 g/mol. The third-order valence-electron chi connectivity index (χ3n) is 3.06. The Morgan fingerprint density at radius 3 is 3.06 bits per heavy atom. The molecule has 2 rings (SSSR count). The van der Waals surface area contributed by atoms with Gasteiger partial charge in [0.2, 0.25) is 0 Å². The molecule has 3 nitrogen and oxygen atoms in total. The molecule has 1 fully saturated rings. The highest BCUT2D eigenvalue weighted by Gasteiger charge is 2.22. The second kappa shape index (κ2) is 6.01. The summed E-state index contributed by atoms with van der Waals surface area (Å²) in [7, 11) is 0. The summed E-state index contributed by atoms with van der Waals surface area (Å²) in [5.74, 6) is 0. The maximum Gasteiger partial charge on any atom is 0.129 e. The fourth-order valence-electron chi connectivity index (χ4n) is 2.03. The highest BCUT2D eigenvalue weighted by Crippen LogP contribution is 2.21. The SMILES string of the molecule is CCC1COCCN1Cc1nc(Cl)ccc1Cl. The van der Waals surface area contributed by atoms with Crippen LogP contribution in [0.4, 0.5) is 0 Å². The van der Waals surface area contributed by atoms with E-state index in [-0.39, 0.29) is 0 Å². The van der Waals surface area contributed by atoms with Crippen LogP contribution in [0.3, 0.4) is 0 Å². The molecule has 1 aromatic heterocycles. The van der Waals surface area contributed by atoms with Crippen LogP contribution >= 0.6 is 23.2 Å². The van der Waals surface area contributed by atoms with Gasteiger partial charge in [-0.05, 0) is 18.6 Å². The first-order valence-electron chi connectivity index (χ1n) is 5.83. The monoisotopic (exact) mass is 274 g/mol. The van der Waals surface area contributed by atoms with Crippen molar-refractivity contribution < 1.29 is 4.74 Å². The molecular formula is C12H16Cl2N2O. The van der Waals surface area contributed by atoms with Gasteiger partial charge < -0.3 is 4.74 Å². The molecular weight excluding hydrogens is 259 g/mol. The first kappa shape index (κ1) is 13.1. The summed E-state index contributed by atoms with van der Waals surface area (Å²) < 4.78 is 5.47. The lowest BCUT2D eigenvalue weighted by Gasteiger charge is -2.34. The van der Waals surface area contributed by atoms with Gasteiger partial charge in [-0.25, -0.2) is 4.98 Å². The molecule has 1 atom stereocenters. The first-order valence-corrected chi connectivity index (χ1v) is 6.59. The average Bonchev–Trinajstić information content (AvgIpc) is 2.34. The molecule has 1 aromatic rings.